The van der Waals surface area contributed by atoms with Crippen molar-refractivity contribution in [3.05, 3.63) is 11.8 Å². The summed E-state index contributed by atoms with van der Waals surface area (Å²) in [5, 5.41) is 10.5. The van der Waals surface area contributed by atoms with Gasteiger partial charge in [0.05, 0.1) is 12.6 Å². The predicted molar refractivity (Wildman–Crippen MR) is 82.9 cm³/mol. The summed E-state index contributed by atoms with van der Waals surface area (Å²) < 4.78 is 11.2. The summed E-state index contributed by atoms with van der Waals surface area (Å²) >= 11 is 0. The van der Waals surface area contributed by atoms with Gasteiger partial charge in [0.25, 0.3) is 0 Å². The molecule has 1 aromatic rings. The maximum atomic E-state index is 12.4. The van der Waals surface area contributed by atoms with Gasteiger partial charge in [0, 0.05) is 33.2 Å². The minimum atomic E-state index is -0.0993. The first kappa shape index (κ1) is 16.2. The second-order valence-corrected chi connectivity index (χ2v) is 6.17. The lowest BCUT2D eigenvalue weighted by molar-refractivity contribution is 0.0349. The number of ether oxygens (including phenoxy) is 1. The maximum absolute atomic E-state index is 12.4. The molecule has 0 saturated carbocycles. The average Bonchev–Trinajstić information content (AvgIpc) is 3.13. The third-order valence-corrected chi connectivity index (χ3v) is 4.26. The topological polar surface area (TPSA) is 83.7 Å². The Morgan fingerprint density at radius 2 is 2.09 bits per heavy atom. The van der Waals surface area contributed by atoms with Crippen molar-refractivity contribution in [3.63, 3.8) is 0 Å². The number of nitrogens with zero attached hydrogens (tertiary/aromatic N) is 4. The van der Waals surface area contributed by atoms with Crippen LogP contribution in [-0.2, 0) is 11.3 Å². The average molecular weight is 323 g/mol. The molecule has 2 aliphatic rings. The molecule has 2 fully saturated rings. The number of hydrogen-bond donors (Lipinski definition) is 1. The van der Waals surface area contributed by atoms with Gasteiger partial charge < -0.3 is 24.3 Å². The van der Waals surface area contributed by atoms with Crippen molar-refractivity contribution in [1.82, 2.24) is 25.3 Å². The van der Waals surface area contributed by atoms with Gasteiger partial charge in [-0.05, 0) is 32.4 Å². The number of amides is 2. The molecule has 1 atom stereocenters. The fourth-order valence-electron chi connectivity index (χ4n) is 3.12. The van der Waals surface area contributed by atoms with E-state index in [1.54, 1.807) is 6.92 Å². The molecule has 0 bridgehead atoms. The summed E-state index contributed by atoms with van der Waals surface area (Å²) in [5.41, 5.74) is 0. The van der Waals surface area contributed by atoms with E-state index in [9.17, 15) is 4.79 Å². The highest BCUT2D eigenvalue weighted by Gasteiger charge is 2.25. The van der Waals surface area contributed by atoms with Crippen molar-refractivity contribution < 1.29 is 13.9 Å². The zero-order chi connectivity index (χ0) is 16.1. The van der Waals surface area contributed by atoms with Crippen molar-refractivity contribution in [3.8, 4) is 0 Å². The molecule has 2 aliphatic heterocycles. The first-order valence-corrected chi connectivity index (χ1v) is 8.36. The molecule has 128 valence electrons. The summed E-state index contributed by atoms with van der Waals surface area (Å²) in [6, 6.07) is -0.0993. The Hall–Kier alpha value is -1.67. The number of aryl methyl sites for hydroxylation is 1. The van der Waals surface area contributed by atoms with Crippen LogP contribution in [0.15, 0.2) is 4.42 Å². The van der Waals surface area contributed by atoms with Crippen LogP contribution < -0.4 is 5.32 Å². The van der Waals surface area contributed by atoms with Crippen molar-refractivity contribution in [2.75, 3.05) is 39.3 Å². The molecule has 8 heteroatoms. The second kappa shape index (κ2) is 7.74. The Kier molecular flexibility index (Phi) is 5.45. The highest BCUT2D eigenvalue weighted by molar-refractivity contribution is 5.74. The molecule has 8 nitrogen and oxygen atoms in total. The van der Waals surface area contributed by atoms with E-state index < -0.39 is 0 Å². The summed E-state index contributed by atoms with van der Waals surface area (Å²) in [6.07, 6.45) is 3.48. The Morgan fingerprint density at radius 3 is 2.83 bits per heavy atom. The highest BCUT2D eigenvalue weighted by Crippen LogP contribution is 2.12. The number of hydrogen-bond acceptors (Lipinski definition) is 6. The quantitative estimate of drug-likeness (QED) is 0.881. The van der Waals surface area contributed by atoms with Gasteiger partial charge in [-0.2, -0.15) is 0 Å². The molecule has 3 heterocycles. The van der Waals surface area contributed by atoms with Crippen molar-refractivity contribution in [2.45, 2.75) is 38.8 Å². The molecule has 0 aromatic carbocycles. The zero-order valence-electron chi connectivity index (χ0n) is 13.7. The van der Waals surface area contributed by atoms with Gasteiger partial charge in [0.15, 0.2) is 0 Å². The van der Waals surface area contributed by atoms with E-state index >= 15 is 0 Å². The van der Waals surface area contributed by atoms with E-state index in [1.807, 2.05) is 4.90 Å². The van der Waals surface area contributed by atoms with E-state index in [4.69, 9.17) is 9.15 Å². The standard InChI is InChI=1S/C15H25N5O3/c1-12-17-18-14(23-12)9-16-15(21)20-7-4-8-22-13(11-20)10-19-5-2-3-6-19/h13H,2-11H2,1H3,(H,16,21)/t13-/m0/s1. The monoisotopic (exact) mass is 323 g/mol. The van der Waals surface area contributed by atoms with Crippen LogP contribution in [0.2, 0.25) is 0 Å². The normalized spacial score (nSPS) is 23.0. The molecule has 1 N–H and O–H groups in total. The first-order chi connectivity index (χ1) is 11.2. The Bertz CT molecular complexity index is 515. The van der Waals surface area contributed by atoms with Crippen LogP contribution in [0, 0.1) is 6.92 Å². The SMILES string of the molecule is Cc1nnc(CNC(=O)N2CCCO[C@@H](CN3CCCC3)C2)o1. The van der Waals surface area contributed by atoms with Gasteiger partial charge >= 0.3 is 6.03 Å². The number of aromatic nitrogens is 2. The number of carbonyl (C=O) groups excluding carboxylic acids is 1. The Balaban J connectivity index is 1.49. The molecule has 3 rings (SSSR count). The maximum Gasteiger partial charge on any atom is 0.317 e. The van der Waals surface area contributed by atoms with E-state index in [-0.39, 0.29) is 18.7 Å². The molecule has 0 radical (unpaired) electrons. The van der Waals surface area contributed by atoms with Crippen molar-refractivity contribution in [1.29, 1.82) is 0 Å². The van der Waals surface area contributed by atoms with Gasteiger partial charge in [-0.3, -0.25) is 0 Å². The fourth-order valence-corrected chi connectivity index (χ4v) is 3.12. The summed E-state index contributed by atoms with van der Waals surface area (Å²) in [7, 11) is 0. The molecule has 2 saturated heterocycles. The molecule has 0 aliphatic carbocycles. The molecule has 2 amide bonds. The fraction of sp³-hybridized carbons (Fsp3) is 0.800. The van der Waals surface area contributed by atoms with Crippen molar-refractivity contribution in [2.24, 2.45) is 0 Å². The lowest BCUT2D eigenvalue weighted by Gasteiger charge is -2.27. The molecule has 0 spiro atoms. The molecular weight excluding hydrogens is 298 g/mol. The number of likely N-dealkylation sites (tertiary alicyclic amines) is 1. The number of rotatable bonds is 4. The lowest BCUT2D eigenvalue weighted by atomic mass is 10.3. The summed E-state index contributed by atoms with van der Waals surface area (Å²) in [5.74, 6) is 0.929. The number of carbonyl (C=O) groups is 1. The zero-order valence-corrected chi connectivity index (χ0v) is 13.7. The predicted octanol–water partition coefficient (Wildman–Crippen LogP) is 0.774. The number of urea groups is 1. The van der Waals surface area contributed by atoms with E-state index in [0.717, 1.165) is 26.1 Å². The summed E-state index contributed by atoms with van der Waals surface area (Å²) in [6.45, 7) is 7.24. The first-order valence-electron chi connectivity index (χ1n) is 8.36. The smallest absolute Gasteiger partial charge is 0.317 e. The van der Waals surface area contributed by atoms with Gasteiger partial charge in [-0.15, -0.1) is 10.2 Å². The van der Waals surface area contributed by atoms with E-state index in [1.165, 1.54) is 12.8 Å². The largest absolute Gasteiger partial charge is 0.424 e. The van der Waals surface area contributed by atoms with Crippen LogP contribution in [0.25, 0.3) is 0 Å². The van der Waals surface area contributed by atoms with E-state index in [0.29, 0.717) is 31.5 Å². The molecular formula is C15H25N5O3. The second-order valence-electron chi connectivity index (χ2n) is 6.17. The van der Waals surface area contributed by atoms with E-state index in [2.05, 4.69) is 20.4 Å². The van der Waals surface area contributed by atoms with Crippen LogP contribution in [0.4, 0.5) is 4.79 Å². The summed E-state index contributed by atoms with van der Waals surface area (Å²) in [4.78, 5) is 16.6. The number of nitrogens with one attached hydrogen (secondary N) is 1. The highest BCUT2D eigenvalue weighted by atomic mass is 16.5. The minimum Gasteiger partial charge on any atom is -0.424 e. The van der Waals surface area contributed by atoms with Crippen LogP contribution in [0.3, 0.4) is 0 Å². The Labute approximate surface area is 136 Å². The minimum absolute atomic E-state index is 0.0898. The Morgan fingerprint density at radius 1 is 1.26 bits per heavy atom. The van der Waals surface area contributed by atoms with Crippen LogP contribution in [0.5, 0.6) is 0 Å². The third-order valence-electron chi connectivity index (χ3n) is 4.26. The molecule has 23 heavy (non-hydrogen) atoms. The van der Waals surface area contributed by atoms with Gasteiger partial charge in [0.1, 0.15) is 0 Å². The van der Waals surface area contributed by atoms with Gasteiger partial charge in [-0.1, -0.05) is 0 Å². The van der Waals surface area contributed by atoms with Gasteiger partial charge in [-0.25, -0.2) is 4.79 Å². The van der Waals surface area contributed by atoms with Gasteiger partial charge in [0.2, 0.25) is 11.8 Å². The molecule has 0 unspecified atom stereocenters. The lowest BCUT2D eigenvalue weighted by Crippen LogP contribution is -2.45. The van der Waals surface area contributed by atoms with Crippen molar-refractivity contribution >= 4 is 6.03 Å². The van der Waals surface area contributed by atoms with Crippen LogP contribution >= 0.6 is 0 Å². The van der Waals surface area contributed by atoms with Crippen LogP contribution in [0.1, 0.15) is 31.0 Å². The molecule has 1 aromatic heterocycles. The van der Waals surface area contributed by atoms with Crippen LogP contribution in [-0.4, -0.2) is 71.5 Å². The third kappa shape index (κ3) is 4.65.